The molecule has 1 amide bonds. The third-order valence-corrected chi connectivity index (χ3v) is 13.2. The molecule has 3 aromatic carbocycles. The quantitative estimate of drug-likeness (QED) is 0.120. The first-order valence-corrected chi connectivity index (χ1v) is 19.6. The molecule has 1 saturated heterocycles. The van der Waals surface area contributed by atoms with E-state index in [1.165, 1.54) is 26.0 Å². The van der Waals surface area contributed by atoms with Gasteiger partial charge in [0.15, 0.2) is 17.5 Å². The average Bonchev–Trinajstić information content (AvgIpc) is 3.21. The summed E-state index contributed by atoms with van der Waals surface area (Å²) >= 11 is 0. The zero-order chi connectivity index (χ0) is 42.7. The minimum atomic E-state index is -2.35. The van der Waals surface area contributed by atoms with Crippen LogP contribution in [0.1, 0.15) is 79.8 Å². The number of Topliss-reactive ketones (excluding diaryl/α,β-unsaturated/α-hetero) is 1. The van der Waals surface area contributed by atoms with Gasteiger partial charge in [-0.25, -0.2) is 9.59 Å². The molecule has 0 aromatic heterocycles. The maximum absolute atomic E-state index is 15.0. The van der Waals surface area contributed by atoms with Gasteiger partial charge in [0.05, 0.1) is 35.6 Å². The summed E-state index contributed by atoms with van der Waals surface area (Å²) in [4.78, 5) is 69.5. The predicted molar refractivity (Wildman–Crippen MR) is 208 cm³/mol. The van der Waals surface area contributed by atoms with Crippen LogP contribution >= 0.6 is 0 Å². The summed E-state index contributed by atoms with van der Waals surface area (Å²) in [5, 5.41) is 51.9. The van der Waals surface area contributed by atoms with Crippen molar-refractivity contribution in [3.05, 3.63) is 119 Å². The van der Waals surface area contributed by atoms with Crippen LogP contribution in [0.2, 0.25) is 0 Å². The first-order chi connectivity index (χ1) is 27.9. The zero-order valence-electron chi connectivity index (χ0n) is 33.4. The van der Waals surface area contributed by atoms with Crippen LogP contribution in [0.3, 0.4) is 0 Å². The van der Waals surface area contributed by atoms with Gasteiger partial charge in [-0.15, -0.1) is 0 Å². The highest BCUT2D eigenvalue weighted by Gasteiger charge is 2.78. The Morgan fingerprint density at radius 2 is 1.44 bits per heavy atom. The zero-order valence-corrected chi connectivity index (χ0v) is 33.4. The van der Waals surface area contributed by atoms with E-state index in [1.807, 2.05) is 0 Å². The molecule has 59 heavy (non-hydrogen) atoms. The van der Waals surface area contributed by atoms with Gasteiger partial charge in [0.25, 0.3) is 5.91 Å². The van der Waals surface area contributed by atoms with E-state index < -0.39 is 107 Å². The molecular weight excluding hydrogens is 762 g/mol. The molecule has 0 spiro atoms. The molecule has 0 radical (unpaired) electrons. The van der Waals surface area contributed by atoms with Crippen LogP contribution in [0.15, 0.2) is 102 Å². The van der Waals surface area contributed by atoms with Crippen molar-refractivity contribution in [2.75, 3.05) is 6.61 Å². The van der Waals surface area contributed by atoms with E-state index >= 15 is 0 Å². The molecule has 2 saturated carbocycles. The molecule has 1 heterocycles. The van der Waals surface area contributed by atoms with Crippen LogP contribution in [0.5, 0.6) is 0 Å². The first kappa shape index (κ1) is 41.9. The second-order valence-electron chi connectivity index (χ2n) is 16.8. The first-order valence-electron chi connectivity index (χ1n) is 19.6. The number of hydrogen-bond acceptors (Lipinski definition) is 13. The van der Waals surface area contributed by atoms with E-state index in [9.17, 15) is 44.4 Å². The fraction of sp³-hybridized carbons (Fsp3) is 0.444. The molecule has 3 aromatic rings. The van der Waals surface area contributed by atoms with Crippen molar-refractivity contribution >= 4 is 29.6 Å². The molecule has 11 atom stereocenters. The second-order valence-corrected chi connectivity index (χ2v) is 16.8. The highest BCUT2D eigenvalue weighted by atomic mass is 16.6. The topological polar surface area (TPSA) is 215 Å². The van der Waals surface area contributed by atoms with Crippen LogP contribution in [0.25, 0.3) is 0 Å². The highest BCUT2D eigenvalue weighted by molar-refractivity contribution is 5.95. The smallest absolute Gasteiger partial charge is 0.338 e. The van der Waals surface area contributed by atoms with Crippen LogP contribution in [0.4, 0.5) is 0 Å². The van der Waals surface area contributed by atoms with Crippen LogP contribution < -0.4 is 5.32 Å². The van der Waals surface area contributed by atoms with E-state index in [2.05, 4.69) is 5.32 Å². The van der Waals surface area contributed by atoms with Crippen molar-refractivity contribution in [3.63, 3.8) is 0 Å². The predicted octanol–water partition coefficient (Wildman–Crippen LogP) is 3.16. The van der Waals surface area contributed by atoms with E-state index in [0.29, 0.717) is 5.56 Å². The lowest BCUT2D eigenvalue weighted by Crippen LogP contribution is -2.81. The number of carbonyl (C=O) groups excluding carboxylic acids is 5. The van der Waals surface area contributed by atoms with Gasteiger partial charge in [0, 0.05) is 30.7 Å². The fourth-order valence-corrected chi connectivity index (χ4v) is 9.94. The third-order valence-electron chi connectivity index (χ3n) is 13.2. The summed E-state index contributed by atoms with van der Waals surface area (Å²) in [5.41, 5.74) is -6.86. The van der Waals surface area contributed by atoms with Gasteiger partial charge < -0.3 is 44.7 Å². The Hall–Kier alpha value is -5.25. The number of amides is 1. The van der Waals surface area contributed by atoms with Gasteiger partial charge in [-0.2, -0.15) is 0 Å². The maximum Gasteiger partial charge on any atom is 0.338 e. The van der Waals surface area contributed by atoms with Gasteiger partial charge in [-0.05, 0) is 54.8 Å². The van der Waals surface area contributed by atoms with Crippen molar-refractivity contribution in [1.82, 2.24) is 5.32 Å². The van der Waals surface area contributed by atoms with Gasteiger partial charge in [0.1, 0.15) is 30.0 Å². The molecule has 1 aliphatic heterocycles. The highest BCUT2D eigenvalue weighted by Crippen LogP contribution is 2.64. The lowest BCUT2D eigenvalue weighted by molar-refractivity contribution is -0.346. The number of ketones is 1. The number of aliphatic hydroxyl groups is 4. The average molecular weight is 812 g/mol. The molecule has 4 aliphatic rings. The SMILES string of the molecule is CC(=O)OC12CO[C@@H]1C[C@H](O)[C@@]1(C)C(=O)C(O)C3=C(C)C(OC(=O)[C@@H](O)C(NC(=O)c4ccccc4)c4ccccc4)C[C@@](O)(C(OC(=O)c4ccccc4)C21)C3(C)C. The normalized spacial score (nSPS) is 33.0. The number of rotatable bonds is 9. The van der Waals surface area contributed by atoms with Crippen molar-refractivity contribution in [2.24, 2.45) is 16.7 Å². The Kier molecular flexibility index (Phi) is 10.9. The second kappa shape index (κ2) is 15.4. The number of hydrogen-bond donors (Lipinski definition) is 5. The van der Waals surface area contributed by atoms with E-state index in [0.717, 1.165) is 6.92 Å². The third kappa shape index (κ3) is 6.76. The molecule has 312 valence electrons. The Bertz CT molecular complexity index is 2160. The molecular formula is C45H49NO13. The molecule has 14 heteroatoms. The molecule has 5 N–H and O–H groups in total. The van der Waals surface area contributed by atoms with Crippen molar-refractivity contribution in [3.8, 4) is 0 Å². The number of fused-ring (bicyclic) bond motifs is 5. The molecule has 3 fully saturated rings. The van der Waals surface area contributed by atoms with Gasteiger partial charge in [-0.3, -0.25) is 14.4 Å². The number of ether oxygens (including phenoxy) is 4. The summed E-state index contributed by atoms with van der Waals surface area (Å²) in [5.74, 6) is -5.89. The minimum Gasteiger partial charge on any atom is -0.456 e. The molecule has 7 rings (SSSR count). The Morgan fingerprint density at radius 1 is 0.864 bits per heavy atom. The summed E-state index contributed by atoms with van der Waals surface area (Å²) in [7, 11) is 0. The number of benzene rings is 3. The Labute approximate surface area is 341 Å². The van der Waals surface area contributed by atoms with E-state index in [4.69, 9.17) is 18.9 Å². The number of nitrogens with one attached hydrogen (secondary N) is 1. The van der Waals surface area contributed by atoms with Crippen LogP contribution in [0, 0.1) is 16.7 Å². The van der Waals surface area contributed by atoms with Crippen LogP contribution in [-0.2, 0) is 33.3 Å². The summed E-state index contributed by atoms with van der Waals surface area (Å²) in [6.45, 7) is 6.89. The summed E-state index contributed by atoms with van der Waals surface area (Å²) < 4.78 is 24.2. The van der Waals surface area contributed by atoms with Crippen molar-refractivity contribution in [2.45, 2.75) is 101 Å². The minimum absolute atomic E-state index is 0.0540. The number of carbonyl (C=O) groups is 5. The number of aliphatic hydroxyl groups excluding tert-OH is 3. The van der Waals surface area contributed by atoms with E-state index in [-0.39, 0.29) is 35.3 Å². The van der Waals surface area contributed by atoms with Crippen molar-refractivity contribution in [1.29, 1.82) is 0 Å². The lowest BCUT2D eigenvalue weighted by atomic mass is 9.44. The van der Waals surface area contributed by atoms with Gasteiger partial charge in [0.2, 0.25) is 0 Å². The van der Waals surface area contributed by atoms with Crippen LogP contribution in [-0.4, -0.2) is 104 Å². The lowest BCUT2D eigenvalue weighted by Gasteiger charge is -2.67. The van der Waals surface area contributed by atoms with Gasteiger partial charge >= 0.3 is 17.9 Å². The maximum atomic E-state index is 15.0. The van der Waals surface area contributed by atoms with Gasteiger partial charge in [-0.1, -0.05) is 80.6 Å². The summed E-state index contributed by atoms with van der Waals surface area (Å²) in [6.07, 6.45) is -10.5. The Balaban J connectivity index is 1.34. The Morgan fingerprint density at radius 3 is 2.00 bits per heavy atom. The standard InChI is InChI=1S/C45H49NO13/c1-24-29(57-41(54)35(50)33(26-15-9-6-10-16-26)46-39(52)27-17-11-7-12-18-27)22-45(55)38(58-40(53)28-19-13-8-14-20-28)36-43(5,37(51)34(49)32(24)42(45,3)4)30(48)21-31-44(36,23-56-31)59-25(2)47/h6-20,29-31,33-36,38,48-50,55H,21-23H2,1-5H3,(H,46,52)/t29?,30-,31+,33?,34?,35-,36?,38?,43+,44?,45+/m0/s1. The van der Waals surface area contributed by atoms with Crippen molar-refractivity contribution < 1.29 is 63.3 Å². The monoisotopic (exact) mass is 811 g/mol. The molecule has 3 aliphatic carbocycles. The van der Waals surface area contributed by atoms with E-state index in [1.54, 1.807) is 92.7 Å². The molecule has 2 bridgehead atoms. The molecule has 14 nitrogen and oxygen atoms in total. The largest absolute Gasteiger partial charge is 0.456 e. The summed E-state index contributed by atoms with van der Waals surface area (Å²) in [6, 6.07) is 23.1. The molecule has 6 unspecified atom stereocenters. The number of esters is 3. The fourth-order valence-electron chi connectivity index (χ4n) is 9.94.